The molecule has 0 radical (unpaired) electrons. The number of hydrogen-bond donors (Lipinski definition) is 0. The van der Waals surface area contributed by atoms with E-state index in [4.69, 9.17) is 5.26 Å². The van der Waals surface area contributed by atoms with E-state index >= 15 is 0 Å². The van der Waals surface area contributed by atoms with Gasteiger partial charge in [-0.25, -0.2) is 4.99 Å². The van der Waals surface area contributed by atoms with Crippen molar-refractivity contribution in [2.24, 2.45) is 4.99 Å². The summed E-state index contributed by atoms with van der Waals surface area (Å²) >= 11 is 0. The largest absolute Gasteiger partial charge is 0.304 e. The summed E-state index contributed by atoms with van der Waals surface area (Å²) in [5, 5.41) is 8.58. The number of hydrogen-bond acceptors (Lipinski definition) is 4. The first-order chi connectivity index (χ1) is 8.93. The maximum Gasteiger partial charge on any atom is 0.133 e. The van der Waals surface area contributed by atoms with Crippen LogP contribution in [0, 0.1) is 18.3 Å². The van der Waals surface area contributed by atoms with Crippen LogP contribution in [0.3, 0.4) is 0 Å². The quantitative estimate of drug-likeness (QED) is 0.599. The Labute approximate surface area is 114 Å². The van der Waals surface area contributed by atoms with Gasteiger partial charge in [-0.2, -0.15) is 5.26 Å². The zero-order valence-electron chi connectivity index (χ0n) is 11.6. The van der Waals surface area contributed by atoms with E-state index < -0.39 is 0 Å². The van der Waals surface area contributed by atoms with Gasteiger partial charge in [0.05, 0.1) is 5.69 Å². The van der Waals surface area contributed by atoms with E-state index in [1.165, 1.54) is 0 Å². The first-order valence-electron chi connectivity index (χ1n) is 5.87. The molecule has 0 aliphatic rings. The Bertz CT molecular complexity index is 562. The highest BCUT2D eigenvalue weighted by Crippen LogP contribution is 2.15. The van der Waals surface area contributed by atoms with Gasteiger partial charge >= 0.3 is 0 Å². The van der Waals surface area contributed by atoms with Crippen molar-refractivity contribution in [2.75, 3.05) is 14.1 Å². The van der Waals surface area contributed by atoms with Gasteiger partial charge in [-0.1, -0.05) is 19.2 Å². The Morgan fingerprint density at radius 2 is 2.16 bits per heavy atom. The molecule has 0 unspecified atom stereocenters. The van der Waals surface area contributed by atoms with Crippen molar-refractivity contribution < 1.29 is 0 Å². The van der Waals surface area contributed by atoms with Crippen LogP contribution >= 0.6 is 0 Å². The number of aromatic nitrogens is 1. The van der Waals surface area contributed by atoms with Crippen LogP contribution in [0.4, 0.5) is 0 Å². The minimum Gasteiger partial charge on any atom is -0.304 e. The van der Waals surface area contributed by atoms with Crippen molar-refractivity contribution >= 4 is 11.8 Å². The molecule has 0 bridgehead atoms. The van der Waals surface area contributed by atoms with Crippen molar-refractivity contribution in [3.63, 3.8) is 0 Å². The molecule has 0 saturated carbocycles. The zero-order chi connectivity index (χ0) is 14.4. The van der Waals surface area contributed by atoms with Gasteiger partial charge in [0, 0.05) is 24.0 Å². The standard InChI is InChI=1S/C15H18N4/c1-11(9-17-12(2)8-16)15-7-6-14(10-19(4)5)18-13(15)3/h6-7,9H,1-2,10H2,3-5H3/b17-9+. The third-order valence-electron chi connectivity index (χ3n) is 2.47. The normalized spacial score (nSPS) is 10.7. The van der Waals surface area contributed by atoms with Gasteiger partial charge in [-0.3, -0.25) is 4.98 Å². The number of aliphatic imine (C=N–C) groups is 1. The fraction of sp³-hybridized carbons (Fsp3) is 0.267. The van der Waals surface area contributed by atoms with E-state index in [-0.39, 0.29) is 5.70 Å². The lowest BCUT2D eigenvalue weighted by Gasteiger charge is -2.11. The molecule has 1 aromatic heterocycles. The van der Waals surface area contributed by atoms with E-state index in [0.29, 0.717) is 0 Å². The van der Waals surface area contributed by atoms with Crippen molar-refractivity contribution in [1.82, 2.24) is 9.88 Å². The number of nitrogens with zero attached hydrogens (tertiary/aromatic N) is 4. The summed E-state index contributed by atoms with van der Waals surface area (Å²) in [5.41, 5.74) is 3.72. The lowest BCUT2D eigenvalue weighted by Crippen LogP contribution is -2.12. The van der Waals surface area contributed by atoms with Gasteiger partial charge in [0.15, 0.2) is 0 Å². The van der Waals surface area contributed by atoms with Gasteiger partial charge in [0.25, 0.3) is 0 Å². The van der Waals surface area contributed by atoms with Crippen LogP contribution in [-0.2, 0) is 6.54 Å². The minimum atomic E-state index is 0.163. The molecule has 0 aliphatic carbocycles. The van der Waals surface area contributed by atoms with Crippen molar-refractivity contribution in [1.29, 1.82) is 5.26 Å². The third-order valence-corrected chi connectivity index (χ3v) is 2.47. The Kier molecular flexibility index (Phi) is 5.16. The molecule has 1 heterocycles. The molecule has 0 aliphatic heterocycles. The van der Waals surface area contributed by atoms with Crippen LogP contribution in [0.2, 0.25) is 0 Å². The zero-order valence-corrected chi connectivity index (χ0v) is 11.6. The molecule has 0 N–H and O–H groups in total. The molecular weight excluding hydrogens is 236 g/mol. The lowest BCUT2D eigenvalue weighted by atomic mass is 10.1. The topological polar surface area (TPSA) is 52.3 Å². The molecule has 0 fully saturated rings. The summed E-state index contributed by atoms with van der Waals surface area (Å²) in [6, 6.07) is 5.81. The summed E-state index contributed by atoms with van der Waals surface area (Å²) in [4.78, 5) is 10.5. The maximum atomic E-state index is 8.58. The number of pyridine rings is 1. The van der Waals surface area contributed by atoms with Crippen LogP contribution in [0.25, 0.3) is 5.57 Å². The van der Waals surface area contributed by atoms with Gasteiger partial charge in [-0.15, -0.1) is 0 Å². The van der Waals surface area contributed by atoms with Crippen molar-refractivity contribution in [3.05, 3.63) is 47.9 Å². The Balaban J connectivity index is 2.91. The van der Waals surface area contributed by atoms with Crippen LogP contribution in [0.1, 0.15) is 17.0 Å². The van der Waals surface area contributed by atoms with Gasteiger partial charge in [-0.05, 0) is 32.7 Å². The van der Waals surface area contributed by atoms with E-state index in [1.54, 1.807) is 6.21 Å². The second-order valence-electron chi connectivity index (χ2n) is 4.52. The Morgan fingerprint density at radius 1 is 1.47 bits per heavy atom. The Hall–Kier alpha value is -2.25. The molecule has 4 heteroatoms. The van der Waals surface area contributed by atoms with E-state index in [1.807, 2.05) is 39.2 Å². The molecular formula is C15H18N4. The molecule has 0 aromatic carbocycles. The minimum absolute atomic E-state index is 0.163. The molecule has 0 amide bonds. The lowest BCUT2D eigenvalue weighted by molar-refractivity contribution is 0.396. The summed E-state index contributed by atoms with van der Waals surface area (Å²) in [6.07, 6.45) is 1.54. The number of allylic oxidation sites excluding steroid dienone is 2. The first kappa shape index (κ1) is 14.8. The van der Waals surface area contributed by atoms with E-state index in [2.05, 4.69) is 28.0 Å². The second-order valence-corrected chi connectivity index (χ2v) is 4.52. The fourth-order valence-electron chi connectivity index (χ4n) is 1.62. The molecule has 4 nitrogen and oxygen atoms in total. The average Bonchev–Trinajstić information content (AvgIpc) is 2.34. The summed E-state index contributed by atoms with van der Waals surface area (Å²) in [5.74, 6) is 0. The fourth-order valence-corrected chi connectivity index (χ4v) is 1.62. The smallest absolute Gasteiger partial charge is 0.133 e. The van der Waals surface area contributed by atoms with E-state index in [0.717, 1.165) is 29.1 Å². The predicted octanol–water partition coefficient (Wildman–Crippen LogP) is 2.57. The highest BCUT2D eigenvalue weighted by atomic mass is 15.1. The van der Waals surface area contributed by atoms with Gasteiger partial charge < -0.3 is 4.90 Å². The molecule has 98 valence electrons. The van der Waals surface area contributed by atoms with Crippen molar-refractivity contribution in [2.45, 2.75) is 13.5 Å². The number of nitriles is 1. The summed E-state index contributed by atoms with van der Waals surface area (Å²) < 4.78 is 0. The molecule has 1 rings (SSSR count). The third kappa shape index (κ3) is 4.49. The number of aryl methyl sites for hydroxylation is 1. The molecule has 0 saturated heterocycles. The molecule has 0 atom stereocenters. The summed E-state index contributed by atoms with van der Waals surface area (Å²) in [6.45, 7) is 10.2. The van der Waals surface area contributed by atoms with Gasteiger partial charge in [0.2, 0.25) is 0 Å². The Morgan fingerprint density at radius 3 is 2.68 bits per heavy atom. The summed E-state index contributed by atoms with van der Waals surface area (Å²) in [7, 11) is 4.01. The monoisotopic (exact) mass is 254 g/mol. The number of rotatable bonds is 5. The van der Waals surface area contributed by atoms with Crippen LogP contribution in [0.15, 0.2) is 36.0 Å². The highest BCUT2D eigenvalue weighted by molar-refractivity contribution is 6.09. The predicted molar refractivity (Wildman–Crippen MR) is 78.6 cm³/mol. The van der Waals surface area contributed by atoms with E-state index in [9.17, 15) is 0 Å². The molecule has 0 spiro atoms. The van der Waals surface area contributed by atoms with Crippen LogP contribution < -0.4 is 0 Å². The molecule has 19 heavy (non-hydrogen) atoms. The van der Waals surface area contributed by atoms with Crippen LogP contribution in [0.5, 0.6) is 0 Å². The first-order valence-corrected chi connectivity index (χ1v) is 5.87. The maximum absolute atomic E-state index is 8.58. The highest BCUT2D eigenvalue weighted by Gasteiger charge is 2.05. The van der Waals surface area contributed by atoms with Gasteiger partial charge in [0.1, 0.15) is 11.8 Å². The molecule has 1 aromatic rings. The van der Waals surface area contributed by atoms with Crippen LogP contribution in [-0.4, -0.2) is 30.2 Å². The second kappa shape index (κ2) is 6.62. The SMILES string of the molecule is C=C(C#N)/N=C/C(=C)c1ccc(CN(C)C)nc1C. The average molecular weight is 254 g/mol. The van der Waals surface area contributed by atoms with Crippen molar-refractivity contribution in [3.8, 4) is 6.07 Å².